The topological polar surface area (TPSA) is 3.24 Å². The Morgan fingerprint density at radius 1 is 0.692 bits per heavy atom. The van der Waals surface area contributed by atoms with Gasteiger partial charge in [-0.25, -0.2) is 0 Å². The van der Waals surface area contributed by atoms with Gasteiger partial charge in [0.15, 0.2) is 0 Å². The molecule has 0 N–H and O–H groups in total. The van der Waals surface area contributed by atoms with Crippen molar-refractivity contribution >= 4 is 0 Å². The predicted molar refractivity (Wildman–Crippen MR) is 54.7 cm³/mol. The first-order valence-corrected chi connectivity index (χ1v) is 6.19. The summed E-state index contributed by atoms with van der Waals surface area (Å²) in [4.78, 5) is 2.82. The number of hydrogen-bond acceptors (Lipinski definition) is 1. The van der Waals surface area contributed by atoms with Gasteiger partial charge in [-0.3, -0.25) is 4.90 Å². The van der Waals surface area contributed by atoms with E-state index in [1.807, 2.05) is 0 Å². The lowest BCUT2D eigenvalue weighted by molar-refractivity contribution is 0.131. The van der Waals surface area contributed by atoms with Crippen LogP contribution < -0.4 is 0 Å². The van der Waals surface area contributed by atoms with E-state index in [4.69, 9.17) is 0 Å². The molecule has 3 atom stereocenters. The summed E-state index contributed by atoms with van der Waals surface area (Å²) in [7, 11) is 0. The number of rotatable bonds is 0. The minimum atomic E-state index is 1.02. The quantitative estimate of drug-likeness (QED) is 0.552. The van der Waals surface area contributed by atoms with Crippen molar-refractivity contribution in [3.63, 3.8) is 0 Å². The van der Waals surface area contributed by atoms with E-state index in [0.29, 0.717) is 0 Å². The van der Waals surface area contributed by atoms with Crippen LogP contribution in [0.2, 0.25) is 0 Å². The van der Waals surface area contributed by atoms with Crippen molar-refractivity contribution in [2.75, 3.05) is 13.1 Å². The van der Waals surface area contributed by atoms with Gasteiger partial charge in [0.05, 0.1) is 0 Å². The first-order chi connectivity index (χ1) is 6.45. The van der Waals surface area contributed by atoms with Gasteiger partial charge in [-0.05, 0) is 57.0 Å². The molecule has 2 saturated heterocycles. The van der Waals surface area contributed by atoms with Gasteiger partial charge in [-0.1, -0.05) is 12.8 Å². The average molecular weight is 179 g/mol. The van der Waals surface area contributed by atoms with E-state index in [9.17, 15) is 0 Å². The van der Waals surface area contributed by atoms with Gasteiger partial charge >= 0.3 is 0 Å². The SMILES string of the molecule is C1CCN2CCC3CCCC(C1)C32. The van der Waals surface area contributed by atoms with Gasteiger partial charge < -0.3 is 0 Å². The first-order valence-electron chi connectivity index (χ1n) is 6.19. The summed E-state index contributed by atoms with van der Waals surface area (Å²) in [5.41, 5.74) is 0. The lowest BCUT2D eigenvalue weighted by Gasteiger charge is -2.36. The Hall–Kier alpha value is -0.0400. The third-order valence-electron chi connectivity index (χ3n) is 4.59. The molecule has 2 heterocycles. The molecule has 0 spiro atoms. The molecule has 3 aliphatic rings. The van der Waals surface area contributed by atoms with Gasteiger partial charge in [0.1, 0.15) is 0 Å². The lowest BCUT2D eigenvalue weighted by Crippen LogP contribution is -2.40. The van der Waals surface area contributed by atoms with E-state index in [1.54, 1.807) is 0 Å². The van der Waals surface area contributed by atoms with E-state index in [0.717, 1.165) is 17.9 Å². The van der Waals surface area contributed by atoms with Crippen molar-refractivity contribution in [3.8, 4) is 0 Å². The summed E-state index contributed by atoms with van der Waals surface area (Å²) >= 11 is 0. The Balaban J connectivity index is 1.83. The van der Waals surface area contributed by atoms with Crippen LogP contribution in [0.4, 0.5) is 0 Å². The third kappa shape index (κ3) is 1.32. The minimum Gasteiger partial charge on any atom is -0.300 e. The number of hydrogen-bond donors (Lipinski definition) is 0. The highest BCUT2D eigenvalue weighted by Crippen LogP contribution is 2.43. The van der Waals surface area contributed by atoms with Gasteiger partial charge in [0.2, 0.25) is 0 Å². The fourth-order valence-corrected chi connectivity index (χ4v) is 4.06. The molecule has 3 rings (SSSR count). The van der Waals surface area contributed by atoms with Gasteiger partial charge in [0, 0.05) is 6.04 Å². The molecule has 0 aromatic heterocycles. The monoisotopic (exact) mass is 179 g/mol. The van der Waals surface area contributed by atoms with Crippen molar-refractivity contribution in [2.24, 2.45) is 11.8 Å². The second-order valence-electron chi connectivity index (χ2n) is 5.26. The maximum atomic E-state index is 2.82. The first kappa shape index (κ1) is 8.28. The van der Waals surface area contributed by atoms with Crippen LogP contribution in [-0.2, 0) is 0 Å². The highest BCUT2D eigenvalue weighted by atomic mass is 15.2. The predicted octanol–water partition coefficient (Wildman–Crippen LogP) is 2.66. The molecule has 0 aromatic rings. The lowest BCUT2D eigenvalue weighted by atomic mass is 9.76. The fraction of sp³-hybridized carbons (Fsp3) is 1.00. The van der Waals surface area contributed by atoms with Crippen molar-refractivity contribution in [2.45, 2.75) is 51.0 Å². The molecule has 1 heteroatoms. The summed E-state index contributed by atoms with van der Waals surface area (Å²) in [5, 5.41) is 0. The average Bonchev–Trinajstić information content (AvgIpc) is 2.44. The second kappa shape index (κ2) is 3.27. The zero-order valence-electron chi connectivity index (χ0n) is 8.54. The maximum absolute atomic E-state index is 2.82. The van der Waals surface area contributed by atoms with E-state index in [1.165, 1.54) is 58.0 Å². The van der Waals surface area contributed by atoms with Crippen LogP contribution in [0.5, 0.6) is 0 Å². The normalized spacial score (nSPS) is 45.7. The largest absolute Gasteiger partial charge is 0.300 e. The van der Waals surface area contributed by atoms with Crippen LogP contribution in [0, 0.1) is 11.8 Å². The van der Waals surface area contributed by atoms with Crippen LogP contribution in [-0.4, -0.2) is 24.0 Å². The summed E-state index contributed by atoms with van der Waals surface area (Å²) in [6, 6.07) is 1.02. The molecule has 3 fully saturated rings. The summed E-state index contributed by atoms with van der Waals surface area (Å²) < 4.78 is 0. The Bertz CT molecular complexity index is 190. The molecule has 0 radical (unpaired) electrons. The standard InChI is InChI=1S/C12H21N/c1-2-8-13-9-7-11-6-3-5-10(4-1)12(11)13/h10-12H,1-9H2. The Kier molecular flexibility index (Phi) is 2.08. The minimum absolute atomic E-state index is 1.02. The molecule has 74 valence electrons. The molecule has 0 aromatic carbocycles. The van der Waals surface area contributed by atoms with Crippen LogP contribution in [0.15, 0.2) is 0 Å². The molecule has 0 amide bonds. The molecular formula is C12H21N. The molecule has 0 bridgehead atoms. The fourth-order valence-electron chi connectivity index (χ4n) is 4.06. The third-order valence-corrected chi connectivity index (χ3v) is 4.59. The Morgan fingerprint density at radius 2 is 1.46 bits per heavy atom. The molecular weight excluding hydrogens is 158 g/mol. The summed E-state index contributed by atoms with van der Waals surface area (Å²) in [6.45, 7) is 2.84. The van der Waals surface area contributed by atoms with Crippen molar-refractivity contribution in [1.82, 2.24) is 4.90 Å². The summed E-state index contributed by atoms with van der Waals surface area (Å²) in [6.07, 6.45) is 10.6. The van der Waals surface area contributed by atoms with E-state index in [-0.39, 0.29) is 0 Å². The van der Waals surface area contributed by atoms with Gasteiger partial charge in [-0.15, -0.1) is 0 Å². The maximum Gasteiger partial charge on any atom is 0.0152 e. The van der Waals surface area contributed by atoms with Crippen molar-refractivity contribution in [3.05, 3.63) is 0 Å². The van der Waals surface area contributed by atoms with E-state index < -0.39 is 0 Å². The van der Waals surface area contributed by atoms with Gasteiger partial charge in [0.25, 0.3) is 0 Å². The van der Waals surface area contributed by atoms with Crippen molar-refractivity contribution < 1.29 is 0 Å². The highest BCUT2D eigenvalue weighted by Gasteiger charge is 2.41. The molecule has 13 heavy (non-hydrogen) atoms. The zero-order chi connectivity index (χ0) is 8.67. The summed E-state index contributed by atoms with van der Waals surface area (Å²) in [5.74, 6) is 2.18. The molecule has 3 unspecified atom stereocenters. The highest BCUT2D eigenvalue weighted by molar-refractivity contribution is 4.95. The van der Waals surface area contributed by atoms with Crippen LogP contribution in [0.3, 0.4) is 0 Å². The van der Waals surface area contributed by atoms with E-state index in [2.05, 4.69) is 4.90 Å². The molecule has 2 aliphatic heterocycles. The number of nitrogens with zero attached hydrogens (tertiary/aromatic N) is 1. The van der Waals surface area contributed by atoms with Gasteiger partial charge in [-0.2, -0.15) is 0 Å². The molecule has 1 aliphatic carbocycles. The van der Waals surface area contributed by atoms with Crippen LogP contribution in [0.1, 0.15) is 44.9 Å². The van der Waals surface area contributed by atoms with Crippen LogP contribution in [0.25, 0.3) is 0 Å². The Morgan fingerprint density at radius 3 is 2.38 bits per heavy atom. The van der Waals surface area contributed by atoms with Crippen LogP contribution >= 0.6 is 0 Å². The Labute approximate surface area is 81.5 Å². The molecule has 1 saturated carbocycles. The van der Waals surface area contributed by atoms with Crippen molar-refractivity contribution in [1.29, 1.82) is 0 Å². The zero-order valence-corrected chi connectivity index (χ0v) is 8.54. The smallest absolute Gasteiger partial charge is 0.0152 e. The second-order valence-corrected chi connectivity index (χ2v) is 5.26. The molecule has 1 nitrogen and oxygen atoms in total. The van der Waals surface area contributed by atoms with E-state index >= 15 is 0 Å².